The van der Waals surface area contributed by atoms with E-state index in [1.165, 1.54) is 11.8 Å². The summed E-state index contributed by atoms with van der Waals surface area (Å²) in [5, 5.41) is 18.0. The van der Waals surface area contributed by atoms with Crippen LogP contribution in [-0.4, -0.2) is 49.9 Å². The Bertz CT molecular complexity index is 607. The molecular weight excluding hydrogens is 328 g/mol. The van der Waals surface area contributed by atoms with E-state index in [1.807, 2.05) is 0 Å². The molecule has 8 nitrogen and oxygen atoms in total. The molecule has 3 rings (SSSR count). The standard InChI is InChI=1S/C15H24N6O2S/c1-3-9-6-13(22)17-12-7-10(4-5-11(9)12)16-14(23)8-24-15-18-19-20-21(15)2/h9-12H,3-8H2,1-2H3,(H,16,23)(H,17,22). The van der Waals surface area contributed by atoms with E-state index in [0.717, 1.165) is 25.7 Å². The number of piperidine rings is 1. The number of aromatic nitrogens is 4. The first kappa shape index (κ1) is 17.2. The molecule has 1 aliphatic carbocycles. The normalized spacial score (nSPS) is 29.7. The molecule has 2 amide bonds. The van der Waals surface area contributed by atoms with Crippen LogP contribution < -0.4 is 10.6 Å². The molecular formula is C15H24N6O2S. The molecule has 4 atom stereocenters. The van der Waals surface area contributed by atoms with Gasteiger partial charge in [0, 0.05) is 25.6 Å². The molecule has 4 unspecified atom stereocenters. The van der Waals surface area contributed by atoms with E-state index in [2.05, 4.69) is 33.1 Å². The van der Waals surface area contributed by atoms with Crippen molar-refractivity contribution in [3.63, 3.8) is 0 Å². The number of hydrogen-bond donors (Lipinski definition) is 2. The molecule has 1 saturated carbocycles. The van der Waals surface area contributed by atoms with Gasteiger partial charge in [-0.15, -0.1) is 5.10 Å². The number of fused-ring (bicyclic) bond motifs is 1. The summed E-state index contributed by atoms with van der Waals surface area (Å²) in [5.74, 6) is 1.48. The molecule has 24 heavy (non-hydrogen) atoms. The second-order valence-electron chi connectivity index (χ2n) is 6.66. The van der Waals surface area contributed by atoms with Crippen molar-refractivity contribution in [3.05, 3.63) is 0 Å². The molecule has 2 fully saturated rings. The lowest BCUT2D eigenvalue weighted by molar-refractivity contribution is -0.127. The fourth-order valence-corrected chi connectivity index (χ4v) is 4.56. The minimum absolute atomic E-state index is 0.0133. The van der Waals surface area contributed by atoms with Gasteiger partial charge in [-0.1, -0.05) is 25.1 Å². The van der Waals surface area contributed by atoms with Crippen LogP contribution in [0.3, 0.4) is 0 Å². The summed E-state index contributed by atoms with van der Waals surface area (Å²) >= 11 is 1.32. The minimum Gasteiger partial charge on any atom is -0.353 e. The van der Waals surface area contributed by atoms with Crippen LogP contribution in [-0.2, 0) is 16.6 Å². The van der Waals surface area contributed by atoms with Gasteiger partial charge in [0.15, 0.2) is 0 Å². The Labute approximate surface area is 145 Å². The zero-order valence-corrected chi connectivity index (χ0v) is 14.9. The van der Waals surface area contributed by atoms with Crippen LogP contribution >= 0.6 is 11.8 Å². The van der Waals surface area contributed by atoms with Crippen LogP contribution in [0.25, 0.3) is 0 Å². The number of hydrogen-bond acceptors (Lipinski definition) is 6. The predicted octanol–water partition coefficient (Wildman–Crippen LogP) is 0.502. The van der Waals surface area contributed by atoms with E-state index in [4.69, 9.17) is 0 Å². The number of nitrogens with zero attached hydrogens (tertiary/aromatic N) is 4. The number of aryl methyl sites for hydroxylation is 1. The maximum absolute atomic E-state index is 12.2. The first-order chi connectivity index (χ1) is 11.6. The topological polar surface area (TPSA) is 102 Å². The Morgan fingerprint density at radius 3 is 3.00 bits per heavy atom. The quantitative estimate of drug-likeness (QED) is 0.749. The monoisotopic (exact) mass is 352 g/mol. The Balaban J connectivity index is 1.49. The van der Waals surface area contributed by atoms with E-state index in [9.17, 15) is 9.59 Å². The largest absolute Gasteiger partial charge is 0.353 e. The minimum atomic E-state index is -0.0133. The van der Waals surface area contributed by atoms with Gasteiger partial charge in [-0.25, -0.2) is 4.68 Å². The molecule has 0 radical (unpaired) electrons. The van der Waals surface area contributed by atoms with E-state index < -0.39 is 0 Å². The third-order valence-corrected chi connectivity index (χ3v) is 6.12. The summed E-state index contributed by atoms with van der Waals surface area (Å²) in [5.41, 5.74) is 0. The number of carbonyl (C=O) groups is 2. The van der Waals surface area contributed by atoms with Gasteiger partial charge < -0.3 is 10.6 Å². The van der Waals surface area contributed by atoms with Gasteiger partial charge in [0.05, 0.1) is 5.75 Å². The van der Waals surface area contributed by atoms with Gasteiger partial charge in [0.2, 0.25) is 17.0 Å². The van der Waals surface area contributed by atoms with Crippen molar-refractivity contribution in [2.24, 2.45) is 18.9 Å². The molecule has 1 aromatic heterocycles. The smallest absolute Gasteiger partial charge is 0.230 e. The lowest BCUT2D eigenvalue weighted by atomic mass is 9.70. The zero-order valence-electron chi connectivity index (χ0n) is 14.1. The van der Waals surface area contributed by atoms with Crippen molar-refractivity contribution in [3.8, 4) is 0 Å². The van der Waals surface area contributed by atoms with E-state index in [-0.39, 0.29) is 23.9 Å². The van der Waals surface area contributed by atoms with Crippen molar-refractivity contribution in [2.45, 2.75) is 56.3 Å². The van der Waals surface area contributed by atoms with Gasteiger partial charge in [-0.3, -0.25) is 9.59 Å². The number of thioether (sulfide) groups is 1. The molecule has 132 valence electrons. The molecule has 1 aromatic rings. The lowest BCUT2D eigenvalue weighted by Gasteiger charge is -2.44. The van der Waals surface area contributed by atoms with Gasteiger partial charge in [0.1, 0.15) is 0 Å². The Hall–Kier alpha value is -1.64. The molecule has 2 heterocycles. The van der Waals surface area contributed by atoms with Crippen LogP contribution in [0.5, 0.6) is 0 Å². The molecule has 2 aliphatic rings. The highest BCUT2D eigenvalue weighted by atomic mass is 32.2. The maximum atomic E-state index is 12.2. The Kier molecular flexibility index (Phi) is 5.37. The highest BCUT2D eigenvalue weighted by Crippen LogP contribution is 2.36. The average Bonchev–Trinajstić information content (AvgIpc) is 2.97. The van der Waals surface area contributed by atoms with Crippen molar-refractivity contribution in [1.82, 2.24) is 30.8 Å². The molecule has 0 bridgehead atoms. The summed E-state index contributed by atoms with van der Waals surface area (Å²) in [4.78, 5) is 24.0. The zero-order chi connectivity index (χ0) is 17.1. The number of amides is 2. The number of nitrogens with one attached hydrogen (secondary N) is 2. The van der Waals surface area contributed by atoms with Crippen LogP contribution in [0.2, 0.25) is 0 Å². The van der Waals surface area contributed by atoms with Gasteiger partial charge >= 0.3 is 0 Å². The fraction of sp³-hybridized carbons (Fsp3) is 0.800. The number of carbonyl (C=O) groups excluding carboxylic acids is 2. The third kappa shape index (κ3) is 3.88. The predicted molar refractivity (Wildman–Crippen MR) is 89.1 cm³/mol. The average molecular weight is 352 g/mol. The van der Waals surface area contributed by atoms with Gasteiger partial charge in [0.25, 0.3) is 0 Å². The molecule has 0 spiro atoms. The first-order valence-corrected chi connectivity index (χ1v) is 9.49. The molecule has 1 aliphatic heterocycles. The van der Waals surface area contributed by atoms with Crippen LogP contribution in [0.1, 0.15) is 39.0 Å². The van der Waals surface area contributed by atoms with E-state index in [0.29, 0.717) is 29.2 Å². The van der Waals surface area contributed by atoms with Gasteiger partial charge in [-0.2, -0.15) is 0 Å². The summed E-state index contributed by atoms with van der Waals surface area (Å²) < 4.78 is 1.55. The summed E-state index contributed by atoms with van der Waals surface area (Å²) in [7, 11) is 1.75. The van der Waals surface area contributed by atoms with Crippen LogP contribution in [0.15, 0.2) is 5.16 Å². The summed E-state index contributed by atoms with van der Waals surface area (Å²) in [6, 6.07) is 0.332. The van der Waals surface area contributed by atoms with Gasteiger partial charge in [-0.05, 0) is 41.5 Å². The second kappa shape index (κ2) is 7.50. The van der Waals surface area contributed by atoms with E-state index in [1.54, 1.807) is 11.7 Å². The van der Waals surface area contributed by atoms with Crippen molar-refractivity contribution in [1.29, 1.82) is 0 Å². The molecule has 1 saturated heterocycles. The molecule has 2 N–H and O–H groups in total. The summed E-state index contributed by atoms with van der Waals surface area (Å²) in [6.07, 6.45) is 4.57. The highest BCUT2D eigenvalue weighted by Gasteiger charge is 2.40. The maximum Gasteiger partial charge on any atom is 0.230 e. The van der Waals surface area contributed by atoms with Crippen LogP contribution in [0, 0.1) is 11.8 Å². The fourth-order valence-electron chi connectivity index (χ4n) is 3.90. The molecule has 0 aromatic carbocycles. The van der Waals surface area contributed by atoms with Crippen molar-refractivity contribution in [2.75, 3.05) is 5.75 Å². The third-order valence-electron chi connectivity index (χ3n) is 5.11. The van der Waals surface area contributed by atoms with E-state index >= 15 is 0 Å². The summed E-state index contributed by atoms with van der Waals surface area (Å²) in [6.45, 7) is 2.16. The Morgan fingerprint density at radius 1 is 1.46 bits per heavy atom. The first-order valence-electron chi connectivity index (χ1n) is 8.50. The molecule has 9 heteroatoms. The number of rotatable bonds is 5. The van der Waals surface area contributed by atoms with Crippen LogP contribution in [0.4, 0.5) is 0 Å². The highest BCUT2D eigenvalue weighted by molar-refractivity contribution is 7.99. The second-order valence-corrected chi connectivity index (χ2v) is 7.60. The SMILES string of the molecule is CCC1CC(=O)NC2CC(NC(=O)CSc3nnnn3C)CCC12. The number of tetrazole rings is 1. The van der Waals surface area contributed by atoms with Crippen molar-refractivity contribution < 1.29 is 9.59 Å². The lowest BCUT2D eigenvalue weighted by Crippen LogP contribution is -2.55. The Morgan fingerprint density at radius 2 is 2.29 bits per heavy atom. The van der Waals surface area contributed by atoms with Crippen molar-refractivity contribution >= 4 is 23.6 Å².